The molecular formula is C16H17ClN2O2. The van der Waals surface area contributed by atoms with Crippen molar-refractivity contribution < 1.29 is 9.53 Å². The standard InChI is InChI=1S/C16H17ClN2O2/c1-2-11-9-13(7-8-15(11)17)21-10-12-5-3-4-6-14(12)16(20)19-18/h3-9H,2,10,18H2,1H3,(H,19,20). The number of benzene rings is 2. The van der Waals surface area contributed by atoms with Crippen LogP contribution in [-0.2, 0) is 13.0 Å². The normalized spacial score (nSPS) is 10.2. The molecule has 2 rings (SSSR count). The molecule has 0 saturated carbocycles. The molecule has 0 aromatic heterocycles. The van der Waals surface area contributed by atoms with Gasteiger partial charge in [-0.3, -0.25) is 10.2 Å². The molecule has 0 saturated heterocycles. The molecular weight excluding hydrogens is 288 g/mol. The number of ether oxygens (including phenoxy) is 1. The largest absolute Gasteiger partial charge is 0.489 e. The molecule has 2 aromatic carbocycles. The number of nitrogens with two attached hydrogens (primary N) is 1. The number of hydrogen-bond acceptors (Lipinski definition) is 3. The van der Waals surface area contributed by atoms with Gasteiger partial charge in [0.1, 0.15) is 12.4 Å². The van der Waals surface area contributed by atoms with Crippen LogP contribution < -0.4 is 16.0 Å². The van der Waals surface area contributed by atoms with E-state index < -0.39 is 0 Å². The second-order valence-corrected chi connectivity index (χ2v) is 4.93. The van der Waals surface area contributed by atoms with E-state index in [0.717, 1.165) is 28.3 Å². The van der Waals surface area contributed by atoms with E-state index in [9.17, 15) is 4.79 Å². The fraction of sp³-hybridized carbons (Fsp3) is 0.188. The van der Waals surface area contributed by atoms with Gasteiger partial charge in [-0.1, -0.05) is 36.7 Å². The van der Waals surface area contributed by atoms with Crippen LogP contribution in [0.25, 0.3) is 0 Å². The van der Waals surface area contributed by atoms with Gasteiger partial charge in [-0.2, -0.15) is 0 Å². The maximum Gasteiger partial charge on any atom is 0.265 e. The van der Waals surface area contributed by atoms with Crippen LogP contribution in [0.15, 0.2) is 42.5 Å². The first kappa shape index (κ1) is 15.4. The van der Waals surface area contributed by atoms with Crippen LogP contribution in [0.2, 0.25) is 5.02 Å². The van der Waals surface area contributed by atoms with Crippen molar-refractivity contribution in [3.05, 3.63) is 64.2 Å². The van der Waals surface area contributed by atoms with Gasteiger partial charge in [-0.05, 0) is 36.2 Å². The number of nitrogens with one attached hydrogen (secondary N) is 1. The topological polar surface area (TPSA) is 64.3 Å². The van der Waals surface area contributed by atoms with E-state index in [-0.39, 0.29) is 12.5 Å². The first-order valence-electron chi connectivity index (χ1n) is 6.65. The first-order valence-corrected chi connectivity index (χ1v) is 7.03. The Labute approximate surface area is 128 Å². The fourth-order valence-corrected chi connectivity index (χ4v) is 2.27. The number of rotatable bonds is 5. The summed E-state index contributed by atoms with van der Waals surface area (Å²) in [6.45, 7) is 2.32. The Morgan fingerprint density at radius 1 is 1.24 bits per heavy atom. The Morgan fingerprint density at radius 2 is 2.00 bits per heavy atom. The molecule has 0 atom stereocenters. The van der Waals surface area contributed by atoms with E-state index in [1.54, 1.807) is 12.1 Å². The summed E-state index contributed by atoms with van der Waals surface area (Å²) >= 11 is 6.08. The SMILES string of the molecule is CCc1cc(OCc2ccccc2C(=O)NN)ccc1Cl. The third kappa shape index (κ3) is 3.74. The number of hydrazine groups is 1. The summed E-state index contributed by atoms with van der Waals surface area (Å²) in [5.41, 5.74) is 4.44. The molecule has 0 fully saturated rings. The fourth-order valence-electron chi connectivity index (χ4n) is 2.02. The third-order valence-electron chi connectivity index (χ3n) is 3.19. The lowest BCUT2D eigenvalue weighted by Gasteiger charge is -2.11. The van der Waals surface area contributed by atoms with Gasteiger partial charge in [0.2, 0.25) is 0 Å². The molecule has 0 aliphatic heterocycles. The summed E-state index contributed by atoms with van der Waals surface area (Å²) in [5.74, 6) is 5.57. The van der Waals surface area contributed by atoms with E-state index in [4.69, 9.17) is 22.2 Å². The van der Waals surface area contributed by atoms with Crippen LogP contribution in [0.1, 0.15) is 28.4 Å². The highest BCUT2D eigenvalue weighted by atomic mass is 35.5. The zero-order chi connectivity index (χ0) is 15.2. The molecule has 5 heteroatoms. The number of hydrogen-bond donors (Lipinski definition) is 2. The van der Waals surface area contributed by atoms with E-state index in [1.807, 2.05) is 37.3 Å². The van der Waals surface area contributed by atoms with Crippen LogP contribution in [0, 0.1) is 0 Å². The molecule has 2 aromatic rings. The zero-order valence-electron chi connectivity index (χ0n) is 11.7. The quantitative estimate of drug-likeness (QED) is 0.507. The van der Waals surface area contributed by atoms with Crippen LogP contribution in [0.4, 0.5) is 0 Å². The van der Waals surface area contributed by atoms with Gasteiger partial charge >= 0.3 is 0 Å². The van der Waals surface area contributed by atoms with Crippen molar-refractivity contribution in [3.63, 3.8) is 0 Å². The number of aryl methyl sites for hydroxylation is 1. The van der Waals surface area contributed by atoms with Crippen molar-refractivity contribution in [3.8, 4) is 5.75 Å². The monoisotopic (exact) mass is 304 g/mol. The molecule has 0 aliphatic rings. The molecule has 0 radical (unpaired) electrons. The molecule has 3 N–H and O–H groups in total. The average molecular weight is 305 g/mol. The Hall–Kier alpha value is -2.04. The van der Waals surface area contributed by atoms with E-state index in [1.165, 1.54) is 0 Å². The Balaban J connectivity index is 2.15. The van der Waals surface area contributed by atoms with Crippen molar-refractivity contribution in [2.45, 2.75) is 20.0 Å². The molecule has 4 nitrogen and oxygen atoms in total. The lowest BCUT2D eigenvalue weighted by molar-refractivity contribution is 0.0951. The maximum absolute atomic E-state index is 11.7. The van der Waals surface area contributed by atoms with E-state index >= 15 is 0 Å². The highest BCUT2D eigenvalue weighted by Gasteiger charge is 2.10. The summed E-state index contributed by atoms with van der Waals surface area (Å²) in [5, 5.41) is 0.729. The van der Waals surface area contributed by atoms with Crippen molar-refractivity contribution in [2.75, 3.05) is 0 Å². The Kier molecular flexibility index (Phi) is 5.20. The highest BCUT2D eigenvalue weighted by Crippen LogP contribution is 2.23. The van der Waals surface area contributed by atoms with Gasteiger partial charge in [-0.15, -0.1) is 0 Å². The van der Waals surface area contributed by atoms with Gasteiger partial charge in [0.05, 0.1) is 0 Å². The zero-order valence-corrected chi connectivity index (χ0v) is 12.5. The minimum atomic E-state index is -0.334. The lowest BCUT2D eigenvalue weighted by Crippen LogP contribution is -2.30. The Morgan fingerprint density at radius 3 is 2.71 bits per heavy atom. The minimum absolute atomic E-state index is 0.286. The van der Waals surface area contributed by atoms with Gasteiger partial charge < -0.3 is 4.74 Å². The number of halogens is 1. The molecule has 0 unspecified atom stereocenters. The number of nitrogen functional groups attached to an aromatic ring is 1. The van der Waals surface area contributed by atoms with Crippen molar-refractivity contribution in [2.24, 2.45) is 5.84 Å². The molecule has 110 valence electrons. The smallest absolute Gasteiger partial charge is 0.265 e. The molecule has 1 amide bonds. The summed E-state index contributed by atoms with van der Waals surface area (Å²) in [7, 11) is 0. The molecule has 0 bridgehead atoms. The lowest BCUT2D eigenvalue weighted by atomic mass is 10.1. The van der Waals surface area contributed by atoms with Gasteiger partial charge in [0, 0.05) is 16.1 Å². The van der Waals surface area contributed by atoms with Gasteiger partial charge in [0.15, 0.2) is 0 Å². The Bertz CT molecular complexity index is 644. The predicted molar refractivity (Wildman–Crippen MR) is 83.3 cm³/mol. The van der Waals surface area contributed by atoms with Gasteiger partial charge in [0.25, 0.3) is 5.91 Å². The molecule has 21 heavy (non-hydrogen) atoms. The first-order chi connectivity index (χ1) is 10.2. The minimum Gasteiger partial charge on any atom is -0.489 e. The highest BCUT2D eigenvalue weighted by molar-refractivity contribution is 6.31. The van der Waals surface area contributed by atoms with Crippen LogP contribution in [0.5, 0.6) is 5.75 Å². The van der Waals surface area contributed by atoms with Crippen LogP contribution in [-0.4, -0.2) is 5.91 Å². The maximum atomic E-state index is 11.7. The number of carbonyl (C=O) groups is 1. The second-order valence-electron chi connectivity index (χ2n) is 4.53. The summed E-state index contributed by atoms with van der Waals surface area (Å²) < 4.78 is 5.75. The summed E-state index contributed by atoms with van der Waals surface area (Å²) in [6, 6.07) is 12.7. The predicted octanol–water partition coefficient (Wildman–Crippen LogP) is 3.08. The summed E-state index contributed by atoms with van der Waals surface area (Å²) in [6.07, 6.45) is 0.836. The number of amides is 1. The van der Waals surface area contributed by atoms with Crippen molar-refractivity contribution in [1.29, 1.82) is 0 Å². The van der Waals surface area contributed by atoms with E-state index in [2.05, 4.69) is 5.43 Å². The molecule has 0 spiro atoms. The van der Waals surface area contributed by atoms with Gasteiger partial charge in [-0.25, -0.2) is 5.84 Å². The van der Waals surface area contributed by atoms with Crippen molar-refractivity contribution in [1.82, 2.24) is 5.43 Å². The molecule has 0 heterocycles. The van der Waals surface area contributed by atoms with Crippen LogP contribution >= 0.6 is 11.6 Å². The second kappa shape index (κ2) is 7.11. The molecule has 0 aliphatic carbocycles. The number of carbonyl (C=O) groups excluding carboxylic acids is 1. The van der Waals surface area contributed by atoms with Crippen LogP contribution in [0.3, 0.4) is 0 Å². The third-order valence-corrected chi connectivity index (χ3v) is 3.55. The van der Waals surface area contributed by atoms with Crippen molar-refractivity contribution >= 4 is 17.5 Å². The van der Waals surface area contributed by atoms with E-state index in [0.29, 0.717) is 5.56 Å². The average Bonchev–Trinajstić information content (AvgIpc) is 2.53. The summed E-state index contributed by atoms with van der Waals surface area (Å²) in [4.78, 5) is 11.7.